The first-order chi connectivity index (χ1) is 10.4. The van der Waals surface area contributed by atoms with Crippen molar-refractivity contribution in [2.24, 2.45) is 9.81 Å². The zero-order chi connectivity index (χ0) is 17.5. The van der Waals surface area contributed by atoms with Gasteiger partial charge in [-0.3, -0.25) is 0 Å². The Labute approximate surface area is 143 Å². The average molecular weight is 343 g/mol. The summed E-state index contributed by atoms with van der Waals surface area (Å²) in [7, 11) is 0. The van der Waals surface area contributed by atoms with Crippen LogP contribution in [0.3, 0.4) is 0 Å². The molecule has 0 bridgehead atoms. The van der Waals surface area contributed by atoms with E-state index < -0.39 is 17.0 Å². The number of hydrogen-bond acceptors (Lipinski definition) is 4. The molecule has 1 aliphatic heterocycles. The highest BCUT2D eigenvalue weighted by Gasteiger charge is 2.46. The lowest BCUT2D eigenvalue weighted by Crippen LogP contribution is -2.36. The molecule has 0 aromatic carbocycles. The number of hydrogen-bond donors (Lipinski definition) is 0. The maximum atomic E-state index is 12.2. The molecule has 0 N–H and O–H groups in total. The van der Waals surface area contributed by atoms with E-state index >= 15 is 0 Å². The Hall–Kier alpha value is -0.750. The molecule has 0 aromatic rings. The molecule has 132 valence electrons. The van der Waals surface area contributed by atoms with Crippen LogP contribution < -0.4 is 0 Å². The fourth-order valence-electron chi connectivity index (χ4n) is 3.12. The number of nitrogens with zero attached hydrogens (tertiary/aromatic N) is 2. The molecule has 0 aromatic heterocycles. The van der Waals surface area contributed by atoms with E-state index in [1.165, 1.54) is 0 Å². The van der Waals surface area contributed by atoms with Crippen molar-refractivity contribution in [3.8, 4) is 0 Å². The summed E-state index contributed by atoms with van der Waals surface area (Å²) in [6.07, 6.45) is 3.52. The van der Waals surface area contributed by atoms with E-state index in [1.807, 2.05) is 46.4 Å². The van der Waals surface area contributed by atoms with Gasteiger partial charge in [0.15, 0.2) is 0 Å². The van der Waals surface area contributed by atoms with Crippen molar-refractivity contribution in [1.82, 2.24) is 4.90 Å². The second-order valence-electron chi connectivity index (χ2n) is 8.85. The van der Waals surface area contributed by atoms with Crippen LogP contribution in [0.2, 0.25) is 0 Å². The topological polar surface area (TPSA) is 65.0 Å². The molecular weight excluding hydrogens is 312 g/mol. The smallest absolute Gasteiger partial charge is 0.410 e. The third-order valence-corrected chi connectivity index (χ3v) is 5.82. The summed E-state index contributed by atoms with van der Waals surface area (Å²) in [5, 5.41) is 0. The molecule has 1 saturated carbocycles. The number of ether oxygens (including phenoxy) is 1. The summed E-state index contributed by atoms with van der Waals surface area (Å²) in [5.74, 6) is 0. The van der Waals surface area contributed by atoms with Crippen LogP contribution in [0.15, 0.2) is 4.40 Å². The van der Waals surface area contributed by atoms with Gasteiger partial charge >= 0.3 is 6.09 Å². The van der Waals surface area contributed by atoms with Crippen LogP contribution in [-0.2, 0) is 16.1 Å². The van der Waals surface area contributed by atoms with Crippen molar-refractivity contribution < 1.29 is 14.1 Å². The number of carbonyl (C=O) groups is 1. The lowest BCUT2D eigenvalue weighted by atomic mass is 9.85. The quantitative estimate of drug-likeness (QED) is 0.682. The molecular formula is C17H30N2O3S. The fraction of sp³-hybridized carbons (Fsp3) is 0.882. The summed E-state index contributed by atoms with van der Waals surface area (Å²) in [5.41, 5.74) is 0.695. The molecule has 1 spiro atoms. The summed E-state index contributed by atoms with van der Waals surface area (Å²) in [4.78, 5) is 14.0. The summed E-state index contributed by atoms with van der Waals surface area (Å²) in [6, 6.07) is 0. The second-order valence-corrected chi connectivity index (χ2v) is 10.8. The Morgan fingerprint density at radius 3 is 2.48 bits per heavy atom. The molecule has 1 amide bonds. The maximum absolute atomic E-state index is 12.2. The van der Waals surface area contributed by atoms with Gasteiger partial charge in [0.1, 0.15) is 21.7 Å². The summed E-state index contributed by atoms with van der Waals surface area (Å²) >= 11 is -1.19. The second kappa shape index (κ2) is 6.28. The van der Waals surface area contributed by atoms with Gasteiger partial charge in [-0.05, 0) is 72.6 Å². The zero-order valence-corrected chi connectivity index (χ0v) is 16.1. The average Bonchev–Trinajstić information content (AvgIpc) is 2.94. The van der Waals surface area contributed by atoms with E-state index in [4.69, 9.17) is 4.74 Å². The lowest BCUT2D eigenvalue weighted by Gasteiger charge is -2.26. The van der Waals surface area contributed by atoms with Crippen LogP contribution in [0, 0.1) is 5.41 Å². The molecule has 2 unspecified atom stereocenters. The van der Waals surface area contributed by atoms with Gasteiger partial charge in [-0.2, -0.15) is 0 Å². The molecule has 6 heteroatoms. The maximum Gasteiger partial charge on any atom is 0.410 e. The van der Waals surface area contributed by atoms with Crippen molar-refractivity contribution in [3.63, 3.8) is 0 Å². The largest absolute Gasteiger partial charge is 0.591 e. The van der Waals surface area contributed by atoms with E-state index in [0.29, 0.717) is 0 Å². The summed E-state index contributed by atoms with van der Waals surface area (Å²) < 4.78 is 21.8. The minimum Gasteiger partial charge on any atom is -0.591 e. The van der Waals surface area contributed by atoms with Crippen LogP contribution >= 0.6 is 0 Å². The molecule has 5 nitrogen and oxygen atoms in total. The Balaban J connectivity index is 1.96. The van der Waals surface area contributed by atoms with Gasteiger partial charge in [0.2, 0.25) is 0 Å². The predicted molar refractivity (Wildman–Crippen MR) is 94.0 cm³/mol. The lowest BCUT2D eigenvalue weighted by molar-refractivity contribution is 0.0274. The molecule has 2 aliphatic rings. The highest BCUT2D eigenvalue weighted by atomic mass is 32.2. The molecule has 1 saturated heterocycles. The first-order valence-electron chi connectivity index (χ1n) is 8.37. The fourth-order valence-corrected chi connectivity index (χ4v) is 3.78. The highest BCUT2D eigenvalue weighted by molar-refractivity contribution is 7.91. The van der Waals surface area contributed by atoms with Gasteiger partial charge in [0, 0.05) is 13.1 Å². The van der Waals surface area contributed by atoms with E-state index in [-0.39, 0.29) is 16.3 Å². The van der Waals surface area contributed by atoms with Gasteiger partial charge < -0.3 is 14.2 Å². The van der Waals surface area contributed by atoms with Crippen molar-refractivity contribution in [2.75, 3.05) is 13.1 Å². The van der Waals surface area contributed by atoms with Gasteiger partial charge in [0.05, 0.1) is 5.71 Å². The normalized spacial score (nSPS) is 28.7. The van der Waals surface area contributed by atoms with Crippen LogP contribution in [0.5, 0.6) is 0 Å². The Morgan fingerprint density at radius 2 is 1.91 bits per heavy atom. The minimum absolute atomic E-state index is 0.109. The van der Waals surface area contributed by atoms with Crippen LogP contribution in [0.4, 0.5) is 4.79 Å². The molecule has 2 atom stereocenters. The Morgan fingerprint density at radius 1 is 1.26 bits per heavy atom. The third kappa shape index (κ3) is 4.86. The van der Waals surface area contributed by atoms with Gasteiger partial charge in [-0.1, -0.05) is 4.40 Å². The standard InChI is InChI=1S/C17H30N2O3S/c1-15(2,3)22-14(20)19-10-9-17(12-19)8-7-13(11-17)18-23(21)16(4,5)6/h7-12H2,1-6H3/b18-13+. The molecule has 23 heavy (non-hydrogen) atoms. The monoisotopic (exact) mass is 342 g/mol. The van der Waals surface area contributed by atoms with Crippen molar-refractivity contribution in [3.05, 3.63) is 0 Å². The van der Waals surface area contributed by atoms with Crippen molar-refractivity contribution >= 4 is 23.2 Å². The molecule has 1 heterocycles. The first-order valence-corrected chi connectivity index (χ1v) is 9.47. The number of amides is 1. The highest BCUT2D eigenvalue weighted by Crippen LogP contribution is 2.45. The molecule has 2 fully saturated rings. The minimum atomic E-state index is -1.19. The van der Waals surface area contributed by atoms with Crippen LogP contribution in [0.1, 0.15) is 67.2 Å². The summed E-state index contributed by atoms with van der Waals surface area (Å²) in [6.45, 7) is 13.0. The van der Waals surface area contributed by atoms with Crippen LogP contribution in [0.25, 0.3) is 0 Å². The van der Waals surface area contributed by atoms with E-state index in [2.05, 4.69) is 4.40 Å². The van der Waals surface area contributed by atoms with Crippen LogP contribution in [-0.4, -0.2) is 44.7 Å². The SMILES string of the molecule is CC(C)(C)OC(=O)N1CCC2(CC/C(=N\[S+]([O-])C(C)(C)C)C2)C1. The first kappa shape index (κ1) is 18.6. The molecule has 2 rings (SSSR count). The predicted octanol–water partition coefficient (Wildman–Crippen LogP) is 3.70. The Bertz CT molecular complexity index is 493. The van der Waals surface area contributed by atoms with E-state index in [9.17, 15) is 9.35 Å². The number of rotatable bonds is 1. The zero-order valence-electron chi connectivity index (χ0n) is 15.3. The van der Waals surface area contributed by atoms with Gasteiger partial charge in [-0.25, -0.2) is 4.79 Å². The third-order valence-electron chi connectivity index (χ3n) is 4.35. The Kier molecular flexibility index (Phi) is 5.07. The molecule has 0 radical (unpaired) electrons. The number of carbonyl (C=O) groups excluding carboxylic acids is 1. The van der Waals surface area contributed by atoms with Gasteiger partial charge in [-0.15, -0.1) is 0 Å². The van der Waals surface area contributed by atoms with Gasteiger partial charge in [0.25, 0.3) is 0 Å². The molecule has 1 aliphatic carbocycles. The van der Waals surface area contributed by atoms with E-state index in [1.54, 1.807) is 0 Å². The number of likely N-dealkylation sites (tertiary alicyclic amines) is 1. The van der Waals surface area contributed by atoms with E-state index in [0.717, 1.165) is 44.5 Å². The van der Waals surface area contributed by atoms with Crippen molar-refractivity contribution in [2.45, 2.75) is 77.6 Å². The van der Waals surface area contributed by atoms with Crippen molar-refractivity contribution in [1.29, 1.82) is 0 Å².